The Labute approximate surface area is 97.5 Å². The lowest BCUT2D eigenvalue weighted by atomic mass is 9.38. The first-order chi connectivity index (χ1) is 6.96. The van der Waals surface area contributed by atoms with Crippen molar-refractivity contribution >= 4 is 5.97 Å². The van der Waals surface area contributed by atoms with Gasteiger partial charge >= 0.3 is 5.97 Å². The zero-order valence-electron chi connectivity index (χ0n) is 11.3. The molecule has 3 heteroatoms. The summed E-state index contributed by atoms with van der Waals surface area (Å²) in [6.07, 6.45) is 0. The van der Waals surface area contributed by atoms with Gasteiger partial charge in [-0.1, -0.05) is 27.7 Å². The first-order valence-electron chi connectivity index (χ1n) is 5.89. The molecular formula is C13H22O3. The molecule has 2 aliphatic rings. The van der Waals surface area contributed by atoms with E-state index >= 15 is 0 Å². The average Bonchev–Trinajstić information content (AvgIpc) is 1.97. The molecule has 2 unspecified atom stereocenters. The summed E-state index contributed by atoms with van der Waals surface area (Å²) in [6.45, 7) is 14.2. The second-order valence-electron chi connectivity index (χ2n) is 6.81. The van der Waals surface area contributed by atoms with Crippen LogP contribution in [0.3, 0.4) is 0 Å². The van der Waals surface area contributed by atoms with Gasteiger partial charge in [0, 0.05) is 19.3 Å². The molecule has 1 saturated carbocycles. The highest BCUT2D eigenvalue weighted by atomic mass is 16.7. The van der Waals surface area contributed by atoms with Crippen molar-refractivity contribution in [3.63, 3.8) is 0 Å². The smallest absolute Gasteiger partial charge is 0.314 e. The number of carbonyl (C=O) groups is 1. The second-order valence-corrected chi connectivity index (χ2v) is 6.81. The Morgan fingerprint density at radius 3 is 2.00 bits per heavy atom. The summed E-state index contributed by atoms with van der Waals surface area (Å²) < 4.78 is 11.4. The highest BCUT2D eigenvalue weighted by molar-refractivity contribution is 5.78. The van der Waals surface area contributed by atoms with Gasteiger partial charge in [-0.25, -0.2) is 0 Å². The van der Waals surface area contributed by atoms with Gasteiger partial charge in [0.15, 0.2) is 0 Å². The van der Waals surface area contributed by atoms with E-state index in [1.165, 1.54) is 0 Å². The van der Waals surface area contributed by atoms with Crippen molar-refractivity contribution < 1.29 is 14.3 Å². The minimum absolute atomic E-state index is 0.0403. The molecule has 1 heterocycles. The maximum Gasteiger partial charge on any atom is 0.314 e. The number of hydrogen-bond acceptors (Lipinski definition) is 3. The van der Waals surface area contributed by atoms with Crippen LogP contribution in [-0.4, -0.2) is 17.4 Å². The molecule has 0 amide bonds. The molecular weight excluding hydrogens is 204 g/mol. The maximum absolute atomic E-state index is 12.1. The fourth-order valence-corrected chi connectivity index (χ4v) is 3.51. The number of hydrogen-bond donors (Lipinski definition) is 0. The zero-order chi connectivity index (χ0) is 12.6. The molecule has 0 N–H and O–H groups in total. The van der Waals surface area contributed by atoms with E-state index in [9.17, 15) is 4.79 Å². The van der Waals surface area contributed by atoms with Crippen molar-refractivity contribution in [2.45, 2.75) is 59.9 Å². The second kappa shape index (κ2) is 2.63. The van der Waals surface area contributed by atoms with E-state index in [0.717, 1.165) is 0 Å². The van der Waals surface area contributed by atoms with E-state index in [1.54, 1.807) is 13.8 Å². The van der Waals surface area contributed by atoms with E-state index in [4.69, 9.17) is 9.47 Å². The number of rotatable bonds is 0. The lowest BCUT2D eigenvalue weighted by Gasteiger charge is -2.72. The van der Waals surface area contributed by atoms with Crippen molar-refractivity contribution in [1.82, 2.24) is 0 Å². The van der Waals surface area contributed by atoms with Gasteiger partial charge in [-0.2, -0.15) is 0 Å². The molecule has 1 aliphatic heterocycles. The van der Waals surface area contributed by atoms with Gasteiger partial charge in [-0.3, -0.25) is 4.79 Å². The number of fused-ring (bicyclic) bond motifs is 1. The largest absolute Gasteiger partial charge is 0.433 e. The first kappa shape index (κ1) is 11.9. The van der Waals surface area contributed by atoms with E-state index in [-0.39, 0.29) is 22.7 Å². The Kier molecular flexibility index (Phi) is 1.96. The van der Waals surface area contributed by atoms with Crippen LogP contribution < -0.4 is 0 Å². The third-order valence-corrected chi connectivity index (χ3v) is 5.16. The molecule has 2 fully saturated rings. The first-order valence-corrected chi connectivity index (χ1v) is 5.89. The van der Waals surface area contributed by atoms with Gasteiger partial charge in [0.25, 0.3) is 0 Å². The summed E-state index contributed by atoms with van der Waals surface area (Å²) in [7, 11) is 0. The van der Waals surface area contributed by atoms with E-state index < -0.39 is 11.4 Å². The van der Waals surface area contributed by atoms with Crippen molar-refractivity contribution in [3.8, 4) is 0 Å². The van der Waals surface area contributed by atoms with Gasteiger partial charge in [0.05, 0.1) is 11.5 Å². The number of esters is 1. The van der Waals surface area contributed by atoms with Gasteiger partial charge < -0.3 is 9.47 Å². The van der Waals surface area contributed by atoms with Crippen LogP contribution in [0.1, 0.15) is 48.5 Å². The lowest BCUT2D eigenvalue weighted by molar-refractivity contribution is -0.398. The molecule has 0 spiro atoms. The maximum atomic E-state index is 12.1. The summed E-state index contributed by atoms with van der Waals surface area (Å²) in [5.41, 5.74) is -0.550. The molecule has 16 heavy (non-hydrogen) atoms. The molecule has 0 aromatic carbocycles. The fourth-order valence-electron chi connectivity index (χ4n) is 3.51. The highest BCUT2D eigenvalue weighted by Gasteiger charge is 2.76. The van der Waals surface area contributed by atoms with Crippen LogP contribution in [0.25, 0.3) is 0 Å². The van der Waals surface area contributed by atoms with Gasteiger partial charge in [-0.15, -0.1) is 0 Å². The number of ether oxygens (including phenoxy) is 2. The third kappa shape index (κ3) is 1.05. The van der Waals surface area contributed by atoms with Gasteiger partial charge in [-0.05, 0) is 12.3 Å². The summed E-state index contributed by atoms with van der Waals surface area (Å²) in [5, 5.41) is 0. The average molecular weight is 226 g/mol. The summed E-state index contributed by atoms with van der Waals surface area (Å²) >= 11 is 0. The van der Waals surface area contributed by atoms with E-state index in [1.807, 2.05) is 6.92 Å². The Morgan fingerprint density at radius 2 is 1.50 bits per heavy atom. The van der Waals surface area contributed by atoms with Crippen molar-refractivity contribution in [2.24, 2.45) is 16.7 Å². The van der Waals surface area contributed by atoms with Crippen molar-refractivity contribution in [1.29, 1.82) is 0 Å². The number of cyclic esters (lactones) is 1. The molecule has 1 saturated heterocycles. The van der Waals surface area contributed by atoms with Crippen LogP contribution in [0.15, 0.2) is 0 Å². The Bertz CT molecular complexity index is 354. The van der Waals surface area contributed by atoms with Gasteiger partial charge in [0.2, 0.25) is 5.79 Å². The Balaban J connectivity index is 2.45. The molecule has 2 atom stereocenters. The minimum Gasteiger partial charge on any atom is -0.433 e. The molecule has 3 nitrogen and oxygen atoms in total. The summed E-state index contributed by atoms with van der Waals surface area (Å²) in [4.78, 5) is 12.1. The van der Waals surface area contributed by atoms with E-state index in [0.29, 0.717) is 0 Å². The normalized spacial score (nSPS) is 42.9. The highest BCUT2D eigenvalue weighted by Crippen LogP contribution is 2.70. The monoisotopic (exact) mass is 226 g/mol. The predicted octanol–water partition coefficient (Wildman–Crippen LogP) is 2.74. The van der Waals surface area contributed by atoms with Crippen molar-refractivity contribution in [2.75, 3.05) is 0 Å². The van der Waals surface area contributed by atoms with Crippen LogP contribution in [0, 0.1) is 16.7 Å². The zero-order valence-corrected chi connectivity index (χ0v) is 11.3. The van der Waals surface area contributed by atoms with Crippen molar-refractivity contribution in [3.05, 3.63) is 0 Å². The molecule has 2 rings (SSSR count). The van der Waals surface area contributed by atoms with Crippen LogP contribution in [-0.2, 0) is 14.3 Å². The number of carbonyl (C=O) groups excluding carboxylic acids is 1. The van der Waals surface area contributed by atoms with Crippen LogP contribution in [0.4, 0.5) is 0 Å². The van der Waals surface area contributed by atoms with Gasteiger partial charge in [0.1, 0.15) is 0 Å². The SMILES string of the molecule is CC1(C)OC(=O)C2C(C)(C)C(C)(C)C2(C)O1. The molecule has 0 aromatic heterocycles. The topological polar surface area (TPSA) is 35.5 Å². The standard InChI is InChI=1S/C13H22O3/c1-10(2)8-9(14)15-12(5,6)16-13(8,7)11(10,3)4/h8H,1-7H3. The van der Waals surface area contributed by atoms with Crippen LogP contribution in [0.5, 0.6) is 0 Å². The van der Waals surface area contributed by atoms with Crippen LogP contribution >= 0.6 is 0 Å². The van der Waals surface area contributed by atoms with Crippen LogP contribution in [0.2, 0.25) is 0 Å². The summed E-state index contributed by atoms with van der Waals surface area (Å²) in [5.74, 6) is -1.10. The minimum atomic E-state index is -0.809. The van der Waals surface area contributed by atoms with E-state index in [2.05, 4.69) is 27.7 Å². The fraction of sp³-hybridized carbons (Fsp3) is 0.923. The molecule has 1 aliphatic carbocycles. The molecule has 0 aromatic rings. The molecule has 92 valence electrons. The quantitative estimate of drug-likeness (QED) is 0.596. The Hall–Kier alpha value is -0.570. The molecule has 0 radical (unpaired) electrons. The lowest BCUT2D eigenvalue weighted by Crippen LogP contribution is -2.78. The Morgan fingerprint density at radius 1 is 1.00 bits per heavy atom. The summed E-state index contributed by atoms with van der Waals surface area (Å²) in [6, 6.07) is 0. The third-order valence-electron chi connectivity index (χ3n) is 5.16. The predicted molar refractivity (Wildman–Crippen MR) is 60.7 cm³/mol. The molecule has 0 bridgehead atoms.